The molecule has 1 aromatic heterocycles. The minimum absolute atomic E-state index is 0.0224. The molecule has 0 aliphatic rings. The van der Waals surface area contributed by atoms with E-state index in [0.717, 1.165) is 17.7 Å². The smallest absolute Gasteiger partial charge is 0.369 e. The maximum atomic E-state index is 12.7. The summed E-state index contributed by atoms with van der Waals surface area (Å²) in [6.45, 7) is 2.01. The largest absolute Gasteiger partial charge is 0.416 e. The molecule has 0 radical (unpaired) electrons. The molecule has 2 rings (SSSR count). The Morgan fingerprint density at radius 2 is 2.03 bits per heavy atom. The number of anilines is 1. The molecule has 158 valence electrons. The van der Waals surface area contributed by atoms with Crippen LogP contribution in [-0.4, -0.2) is 34.2 Å². The maximum Gasteiger partial charge on any atom is 0.416 e. The molecular weight excluding hydrogens is 387 g/mol. The van der Waals surface area contributed by atoms with E-state index in [4.69, 9.17) is 5.73 Å². The lowest BCUT2D eigenvalue weighted by molar-refractivity contribution is -0.137. The minimum atomic E-state index is -4.48. The standard InChI is InChI=1S/C19H24F3N5O2/c1-12(24-10-14(18(23)29)7-13-9-25-27(2)11-13)6-17(28)26-16-5-3-4-15(8-16)19(20,21)22/h3-5,8-9,11-12,14,24H,6-7,10H2,1-2H3,(H2,23,29)(H,26,28)/t12-,14+/m1/s1. The van der Waals surface area contributed by atoms with Gasteiger partial charge >= 0.3 is 6.18 Å². The van der Waals surface area contributed by atoms with Crippen molar-refractivity contribution in [3.63, 3.8) is 0 Å². The number of hydrogen-bond acceptors (Lipinski definition) is 4. The monoisotopic (exact) mass is 411 g/mol. The van der Waals surface area contributed by atoms with E-state index in [-0.39, 0.29) is 24.7 Å². The van der Waals surface area contributed by atoms with Gasteiger partial charge in [-0.1, -0.05) is 6.07 Å². The summed E-state index contributed by atoms with van der Waals surface area (Å²) in [5, 5.41) is 9.58. The van der Waals surface area contributed by atoms with Gasteiger partial charge in [0.05, 0.1) is 17.7 Å². The van der Waals surface area contributed by atoms with E-state index in [1.807, 2.05) is 0 Å². The van der Waals surface area contributed by atoms with Crippen LogP contribution in [0.15, 0.2) is 36.7 Å². The number of nitrogens with two attached hydrogens (primary N) is 1. The molecular formula is C19H24F3N5O2. The molecule has 7 nitrogen and oxygen atoms in total. The number of nitrogens with one attached hydrogen (secondary N) is 2. The van der Waals surface area contributed by atoms with E-state index in [1.165, 1.54) is 12.1 Å². The van der Waals surface area contributed by atoms with Crippen molar-refractivity contribution < 1.29 is 22.8 Å². The SMILES string of the molecule is C[C@H](CC(=O)Nc1cccc(C(F)(F)F)c1)NC[C@H](Cc1cnn(C)c1)C(N)=O. The van der Waals surface area contributed by atoms with Crippen LogP contribution in [0.3, 0.4) is 0 Å². The van der Waals surface area contributed by atoms with Crippen molar-refractivity contribution in [2.24, 2.45) is 18.7 Å². The number of primary amides is 1. The van der Waals surface area contributed by atoms with Gasteiger partial charge in [-0.25, -0.2) is 0 Å². The molecule has 2 aromatic rings. The molecule has 0 fully saturated rings. The lowest BCUT2D eigenvalue weighted by Crippen LogP contribution is -2.39. The third kappa shape index (κ3) is 7.22. The predicted octanol–water partition coefficient (Wildman–Crippen LogP) is 2.09. The number of carbonyl (C=O) groups is 2. The van der Waals surface area contributed by atoms with Crippen LogP contribution < -0.4 is 16.4 Å². The van der Waals surface area contributed by atoms with Crippen LogP contribution in [0.4, 0.5) is 18.9 Å². The number of aromatic nitrogens is 2. The zero-order valence-corrected chi connectivity index (χ0v) is 16.2. The average molecular weight is 411 g/mol. The van der Waals surface area contributed by atoms with Crippen LogP contribution in [0.1, 0.15) is 24.5 Å². The number of amides is 2. The van der Waals surface area contributed by atoms with Crippen molar-refractivity contribution in [2.75, 3.05) is 11.9 Å². The number of nitrogens with zero attached hydrogens (tertiary/aromatic N) is 2. The number of halogens is 3. The molecule has 0 aliphatic carbocycles. The van der Waals surface area contributed by atoms with Crippen molar-refractivity contribution in [3.05, 3.63) is 47.8 Å². The van der Waals surface area contributed by atoms with Gasteiger partial charge in [-0.05, 0) is 37.1 Å². The Morgan fingerprint density at radius 1 is 1.31 bits per heavy atom. The van der Waals surface area contributed by atoms with E-state index in [2.05, 4.69) is 15.7 Å². The highest BCUT2D eigenvalue weighted by molar-refractivity contribution is 5.91. The van der Waals surface area contributed by atoms with Crippen molar-refractivity contribution in [1.29, 1.82) is 0 Å². The van der Waals surface area contributed by atoms with Gasteiger partial charge in [-0.3, -0.25) is 14.3 Å². The first-order valence-electron chi connectivity index (χ1n) is 9.02. The van der Waals surface area contributed by atoms with Crippen LogP contribution in [0.2, 0.25) is 0 Å². The van der Waals surface area contributed by atoms with Gasteiger partial charge in [0.15, 0.2) is 0 Å². The Balaban J connectivity index is 1.85. The molecule has 2 atom stereocenters. The summed E-state index contributed by atoms with van der Waals surface area (Å²) < 4.78 is 39.9. The molecule has 2 amide bonds. The van der Waals surface area contributed by atoms with E-state index < -0.39 is 29.5 Å². The molecule has 4 N–H and O–H groups in total. The molecule has 1 heterocycles. The van der Waals surface area contributed by atoms with Crippen molar-refractivity contribution in [2.45, 2.75) is 32.0 Å². The van der Waals surface area contributed by atoms with Crippen molar-refractivity contribution in [3.8, 4) is 0 Å². The first kappa shape index (κ1) is 22.4. The molecule has 0 aliphatic heterocycles. The molecule has 0 spiro atoms. The average Bonchev–Trinajstić information content (AvgIpc) is 3.02. The lowest BCUT2D eigenvalue weighted by Gasteiger charge is -2.18. The molecule has 0 bridgehead atoms. The van der Waals surface area contributed by atoms with Crippen molar-refractivity contribution >= 4 is 17.5 Å². The van der Waals surface area contributed by atoms with Gasteiger partial charge < -0.3 is 16.4 Å². The fourth-order valence-corrected chi connectivity index (χ4v) is 2.81. The Kier molecular flexibility index (Phi) is 7.38. The third-order valence-corrected chi connectivity index (χ3v) is 4.32. The second-order valence-electron chi connectivity index (χ2n) is 6.97. The predicted molar refractivity (Wildman–Crippen MR) is 102 cm³/mol. The number of alkyl halides is 3. The first-order valence-corrected chi connectivity index (χ1v) is 9.02. The highest BCUT2D eigenvalue weighted by Gasteiger charge is 2.30. The third-order valence-electron chi connectivity index (χ3n) is 4.32. The first-order chi connectivity index (χ1) is 13.5. The summed E-state index contributed by atoms with van der Waals surface area (Å²) >= 11 is 0. The fourth-order valence-electron chi connectivity index (χ4n) is 2.81. The second-order valence-corrected chi connectivity index (χ2v) is 6.97. The van der Waals surface area contributed by atoms with Gasteiger partial charge in [0, 0.05) is 37.9 Å². The topological polar surface area (TPSA) is 102 Å². The van der Waals surface area contributed by atoms with E-state index >= 15 is 0 Å². The number of rotatable bonds is 9. The summed E-state index contributed by atoms with van der Waals surface area (Å²) in [6.07, 6.45) is -0.592. The lowest BCUT2D eigenvalue weighted by atomic mass is 10.0. The summed E-state index contributed by atoms with van der Waals surface area (Å²) in [6, 6.07) is 4.13. The van der Waals surface area contributed by atoms with Crippen LogP contribution in [-0.2, 0) is 29.2 Å². The van der Waals surface area contributed by atoms with Crippen molar-refractivity contribution in [1.82, 2.24) is 15.1 Å². The second kappa shape index (κ2) is 9.55. The summed E-state index contributed by atoms with van der Waals surface area (Å²) in [5.74, 6) is -1.39. The Hall–Kier alpha value is -2.88. The van der Waals surface area contributed by atoms with Gasteiger partial charge in [0.25, 0.3) is 0 Å². The van der Waals surface area contributed by atoms with E-state index in [9.17, 15) is 22.8 Å². The normalized spacial score (nSPS) is 13.7. The molecule has 1 aromatic carbocycles. The number of benzene rings is 1. The zero-order valence-electron chi connectivity index (χ0n) is 16.2. The highest BCUT2D eigenvalue weighted by atomic mass is 19.4. The summed E-state index contributed by atoms with van der Waals surface area (Å²) in [7, 11) is 1.77. The van der Waals surface area contributed by atoms with Gasteiger partial charge in [0.2, 0.25) is 11.8 Å². The Bertz CT molecular complexity index is 850. The quantitative estimate of drug-likeness (QED) is 0.588. The minimum Gasteiger partial charge on any atom is -0.369 e. The zero-order chi connectivity index (χ0) is 21.6. The molecule has 10 heteroatoms. The Labute approximate surface area is 166 Å². The van der Waals surface area contributed by atoms with Crippen LogP contribution in [0, 0.1) is 5.92 Å². The van der Waals surface area contributed by atoms with Gasteiger partial charge in [-0.15, -0.1) is 0 Å². The van der Waals surface area contributed by atoms with Crippen LogP contribution >= 0.6 is 0 Å². The number of hydrogen-bond donors (Lipinski definition) is 3. The summed E-state index contributed by atoms with van der Waals surface area (Å²) in [4.78, 5) is 23.8. The van der Waals surface area contributed by atoms with Crippen LogP contribution in [0.5, 0.6) is 0 Å². The molecule has 0 saturated carbocycles. The number of aryl methyl sites for hydroxylation is 1. The van der Waals surface area contributed by atoms with Gasteiger partial charge in [-0.2, -0.15) is 18.3 Å². The Morgan fingerprint density at radius 3 is 2.62 bits per heavy atom. The van der Waals surface area contributed by atoms with E-state index in [0.29, 0.717) is 6.42 Å². The molecule has 29 heavy (non-hydrogen) atoms. The summed E-state index contributed by atoms with van der Waals surface area (Å²) in [5.41, 5.74) is 5.56. The van der Waals surface area contributed by atoms with Gasteiger partial charge in [0.1, 0.15) is 0 Å². The van der Waals surface area contributed by atoms with Crippen LogP contribution in [0.25, 0.3) is 0 Å². The molecule has 0 saturated heterocycles. The number of carbonyl (C=O) groups excluding carboxylic acids is 2. The highest BCUT2D eigenvalue weighted by Crippen LogP contribution is 2.30. The fraction of sp³-hybridized carbons (Fsp3) is 0.421. The molecule has 0 unspecified atom stereocenters. The maximum absolute atomic E-state index is 12.7. The van der Waals surface area contributed by atoms with E-state index in [1.54, 1.807) is 31.0 Å².